The molecule has 3 aromatic rings. The van der Waals surface area contributed by atoms with Crippen LogP contribution in [0.4, 0.5) is 5.69 Å². The molecule has 0 fully saturated rings. The number of fused-ring (bicyclic) bond motifs is 1. The molecule has 0 aliphatic heterocycles. The summed E-state index contributed by atoms with van der Waals surface area (Å²) < 4.78 is 12.6. The average molecular weight is 399 g/mol. The van der Waals surface area contributed by atoms with Gasteiger partial charge in [0.2, 0.25) is 5.91 Å². The summed E-state index contributed by atoms with van der Waals surface area (Å²) in [4.78, 5) is 38.2. The van der Waals surface area contributed by atoms with Crippen LogP contribution in [0.2, 0.25) is 0 Å². The number of aliphatic hydroxyl groups is 1. The molecular weight excluding hydrogens is 378 g/mol. The Labute approximate surface area is 165 Å². The Morgan fingerprint density at radius 3 is 2.31 bits per heavy atom. The normalized spacial score (nSPS) is 10.7. The molecule has 0 bridgehead atoms. The number of para-hydroxylation sites is 1. The fourth-order valence-corrected chi connectivity index (χ4v) is 3.06. The van der Waals surface area contributed by atoms with Crippen LogP contribution in [0.25, 0.3) is 10.9 Å². The highest BCUT2D eigenvalue weighted by atomic mass is 16.5. The SMILES string of the molecule is COc1cc2c(=O)n(CCO)c(=O)n(CC(=O)Nc3ccccc3)c2cc1OC. The molecule has 0 aliphatic carbocycles. The third-order valence-corrected chi connectivity index (χ3v) is 4.41. The summed E-state index contributed by atoms with van der Waals surface area (Å²) in [6, 6.07) is 11.7. The number of hydrogen-bond donors (Lipinski definition) is 2. The van der Waals surface area contributed by atoms with E-state index >= 15 is 0 Å². The molecule has 1 heterocycles. The van der Waals surface area contributed by atoms with Gasteiger partial charge >= 0.3 is 5.69 Å². The van der Waals surface area contributed by atoms with Crippen molar-refractivity contribution in [2.75, 3.05) is 26.1 Å². The first kappa shape index (κ1) is 20.2. The summed E-state index contributed by atoms with van der Waals surface area (Å²) in [5, 5.41) is 12.1. The third kappa shape index (κ3) is 3.99. The van der Waals surface area contributed by atoms with Gasteiger partial charge in [0.15, 0.2) is 11.5 Å². The van der Waals surface area contributed by atoms with Crippen molar-refractivity contribution in [3.8, 4) is 11.5 Å². The largest absolute Gasteiger partial charge is 0.493 e. The van der Waals surface area contributed by atoms with E-state index in [0.29, 0.717) is 17.2 Å². The average Bonchev–Trinajstić information content (AvgIpc) is 2.74. The zero-order valence-corrected chi connectivity index (χ0v) is 16.0. The maximum Gasteiger partial charge on any atom is 0.332 e. The van der Waals surface area contributed by atoms with E-state index in [0.717, 1.165) is 4.57 Å². The molecule has 9 nitrogen and oxygen atoms in total. The predicted molar refractivity (Wildman–Crippen MR) is 108 cm³/mol. The number of hydrogen-bond acceptors (Lipinski definition) is 6. The molecule has 0 saturated carbocycles. The van der Waals surface area contributed by atoms with E-state index in [1.54, 1.807) is 24.3 Å². The summed E-state index contributed by atoms with van der Waals surface area (Å²) in [7, 11) is 2.86. The number of methoxy groups -OCH3 is 2. The van der Waals surface area contributed by atoms with Crippen LogP contribution in [0.1, 0.15) is 0 Å². The van der Waals surface area contributed by atoms with Gasteiger partial charge in [-0.3, -0.25) is 18.7 Å². The molecule has 2 aromatic carbocycles. The number of amides is 1. The summed E-state index contributed by atoms with van der Waals surface area (Å²) in [5.41, 5.74) is -0.473. The Morgan fingerprint density at radius 1 is 1.03 bits per heavy atom. The van der Waals surface area contributed by atoms with Crippen molar-refractivity contribution in [3.05, 3.63) is 63.3 Å². The number of nitrogens with one attached hydrogen (secondary N) is 1. The Morgan fingerprint density at radius 2 is 1.69 bits per heavy atom. The van der Waals surface area contributed by atoms with Crippen LogP contribution in [-0.4, -0.2) is 41.0 Å². The molecule has 29 heavy (non-hydrogen) atoms. The number of rotatable bonds is 7. The number of benzene rings is 2. The van der Waals surface area contributed by atoms with Crippen LogP contribution >= 0.6 is 0 Å². The van der Waals surface area contributed by atoms with Crippen molar-refractivity contribution >= 4 is 22.5 Å². The highest BCUT2D eigenvalue weighted by Crippen LogP contribution is 2.30. The molecular formula is C20H21N3O6. The molecule has 0 atom stereocenters. The van der Waals surface area contributed by atoms with Crippen LogP contribution in [0.3, 0.4) is 0 Å². The van der Waals surface area contributed by atoms with Crippen molar-refractivity contribution in [3.63, 3.8) is 0 Å². The molecule has 152 valence electrons. The van der Waals surface area contributed by atoms with Crippen molar-refractivity contribution in [1.29, 1.82) is 0 Å². The van der Waals surface area contributed by atoms with Gasteiger partial charge in [-0.25, -0.2) is 4.79 Å². The predicted octanol–water partition coefficient (Wildman–Crippen LogP) is 0.811. The van der Waals surface area contributed by atoms with E-state index in [1.807, 2.05) is 6.07 Å². The standard InChI is InChI=1S/C20H21N3O6/c1-28-16-10-14-15(11-17(16)29-2)23(20(27)22(8-9-24)19(14)26)12-18(25)21-13-6-4-3-5-7-13/h3-7,10-11,24H,8-9,12H2,1-2H3,(H,21,25). The Bertz CT molecular complexity index is 1150. The van der Waals surface area contributed by atoms with Gasteiger partial charge < -0.3 is 19.9 Å². The second-order valence-corrected chi connectivity index (χ2v) is 6.19. The lowest BCUT2D eigenvalue weighted by atomic mass is 10.2. The Kier molecular flexibility index (Phi) is 5.99. The number of carbonyl (C=O) groups excluding carboxylic acids is 1. The maximum absolute atomic E-state index is 12.9. The van der Waals surface area contributed by atoms with E-state index in [-0.39, 0.29) is 24.0 Å². The van der Waals surface area contributed by atoms with E-state index in [1.165, 1.54) is 30.9 Å². The quantitative estimate of drug-likeness (QED) is 0.608. The van der Waals surface area contributed by atoms with Crippen LogP contribution in [0, 0.1) is 0 Å². The highest BCUT2D eigenvalue weighted by molar-refractivity contribution is 5.92. The van der Waals surface area contributed by atoms with Gasteiger partial charge in [0.05, 0.1) is 38.3 Å². The Balaban J connectivity index is 2.16. The van der Waals surface area contributed by atoms with E-state index < -0.39 is 23.8 Å². The molecule has 0 aliphatic rings. The zero-order chi connectivity index (χ0) is 21.0. The monoisotopic (exact) mass is 399 g/mol. The van der Waals surface area contributed by atoms with Crippen molar-refractivity contribution in [2.45, 2.75) is 13.1 Å². The highest BCUT2D eigenvalue weighted by Gasteiger charge is 2.18. The number of aromatic nitrogens is 2. The topological polar surface area (TPSA) is 112 Å². The van der Waals surface area contributed by atoms with E-state index in [9.17, 15) is 19.5 Å². The fourth-order valence-electron chi connectivity index (χ4n) is 3.06. The summed E-state index contributed by atoms with van der Waals surface area (Å²) in [5.74, 6) is 0.186. The summed E-state index contributed by atoms with van der Waals surface area (Å²) in [6.07, 6.45) is 0. The van der Waals surface area contributed by atoms with Crippen LogP contribution < -0.4 is 26.0 Å². The molecule has 0 unspecified atom stereocenters. The number of nitrogens with zero attached hydrogens (tertiary/aromatic N) is 2. The molecule has 3 rings (SSSR count). The molecule has 1 amide bonds. The smallest absolute Gasteiger partial charge is 0.332 e. The molecule has 0 spiro atoms. The number of ether oxygens (including phenoxy) is 2. The van der Waals surface area contributed by atoms with Crippen molar-refractivity contribution in [1.82, 2.24) is 9.13 Å². The minimum atomic E-state index is -0.702. The molecule has 1 aromatic heterocycles. The molecule has 0 radical (unpaired) electrons. The van der Waals surface area contributed by atoms with Crippen molar-refractivity contribution in [2.24, 2.45) is 0 Å². The van der Waals surface area contributed by atoms with Gasteiger partial charge in [0, 0.05) is 11.8 Å². The molecule has 0 saturated heterocycles. The lowest BCUT2D eigenvalue weighted by molar-refractivity contribution is -0.116. The number of anilines is 1. The lowest BCUT2D eigenvalue weighted by Crippen LogP contribution is -2.42. The minimum absolute atomic E-state index is 0.170. The van der Waals surface area contributed by atoms with Crippen LogP contribution in [0.5, 0.6) is 11.5 Å². The van der Waals surface area contributed by atoms with E-state index in [4.69, 9.17) is 9.47 Å². The van der Waals surface area contributed by atoms with Crippen LogP contribution in [-0.2, 0) is 17.9 Å². The van der Waals surface area contributed by atoms with Gasteiger partial charge in [0.1, 0.15) is 6.54 Å². The number of aliphatic hydroxyl groups excluding tert-OH is 1. The molecule has 2 N–H and O–H groups in total. The van der Waals surface area contributed by atoms with Gasteiger partial charge in [-0.05, 0) is 18.2 Å². The summed E-state index contributed by atoms with van der Waals surface area (Å²) in [6.45, 7) is -0.919. The first-order valence-corrected chi connectivity index (χ1v) is 8.85. The van der Waals surface area contributed by atoms with Gasteiger partial charge in [-0.15, -0.1) is 0 Å². The van der Waals surface area contributed by atoms with Gasteiger partial charge in [-0.1, -0.05) is 18.2 Å². The van der Waals surface area contributed by atoms with E-state index in [2.05, 4.69) is 5.32 Å². The lowest BCUT2D eigenvalue weighted by Gasteiger charge is -2.16. The van der Waals surface area contributed by atoms with Crippen LogP contribution in [0.15, 0.2) is 52.1 Å². The molecule has 9 heteroatoms. The maximum atomic E-state index is 12.9. The van der Waals surface area contributed by atoms with Gasteiger partial charge in [-0.2, -0.15) is 0 Å². The van der Waals surface area contributed by atoms with Gasteiger partial charge in [0.25, 0.3) is 5.56 Å². The third-order valence-electron chi connectivity index (χ3n) is 4.41. The first-order valence-electron chi connectivity index (χ1n) is 8.85. The fraction of sp³-hybridized carbons (Fsp3) is 0.250. The van der Waals surface area contributed by atoms with Crippen molar-refractivity contribution < 1.29 is 19.4 Å². The zero-order valence-electron chi connectivity index (χ0n) is 16.0. The second kappa shape index (κ2) is 8.61. The second-order valence-electron chi connectivity index (χ2n) is 6.19. The minimum Gasteiger partial charge on any atom is -0.493 e. The Hall–Kier alpha value is -3.59. The number of carbonyl (C=O) groups is 1. The summed E-state index contributed by atoms with van der Waals surface area (Å²) >= 11 is 0. The first-order chi connectivity index (χ1) is 14.0.